The lowest BCUT2D eigenvalue weighted by molar-refractivity contribution is -0.143. The van der Waals surface area contributed by atoms with Crippen LogP contribution >= 0.6 is 0 Å². The average molecular weight is 396 g/mol. The minimum atomic E-state index is -0.448. The number of allylic oxidation sites excluding steroid dienone is 2. The van der Waals surface area contributed by atoms with Crippen LogP contribution < -0.4 is 16.0 Å². The van der Waals surface area contributed by atoms with Crippen LogP contribution in [0.1, 0.15) is 20.3 Å². The normalized spacial score (nSPS) is 26.8. The van der Waals surface area contributed by atoms with Crippen molar-refractivity contribution in [3.05, 3.63) is 36.4 Å². The molecule has 0 radical (unpaired) electrons. The van der Waals surface area contributed by atoms with Crippen LogP contribution in [-0.2, 0) is 14.4 Å². The Hall–Kier alpha value is -3.16. The summed E-state index contributed by atoms with van der Waals surface area (Å²) >= 11 is 0. The molecule has 0 unspecified atom stereocenters. The number of hydrogen-bond acceptors (Lipinski definition) is 4. The van der Waals surface area contributed by atoms with Gasteiger partial charge in [0.25, 0.3) is 0 Å². The van der Waals surface area contributed by atoms with Gasteiger partial charge in [0, 0.05) is 17.4 Å². The number of urea groups is 1. The zero-order valence-electron chi connectivity index (χ0n) is 16.3. The molecule has 8 heteroatoms. The zero-order chi connectivity index (χ0) is 20.7. The molecular formula is C21H24N4O4. The highest BCUT2D eigenvalue weighted by Gasteiger charge is 2.59. The molecule has 0 spiro atoms. The fourth-order valence-electron chi connectivity index (χ4n) is 4.57. The predicted octanol–water partition coefficient (Wildman–Crippen LogP) is 1.96. The summed E-state index contributed by atoms with van der Waals surface area (Å²) < 4.78 is 0. The van der Waals surface area contributed by atoms with Crippen molar-refractivity contribution in [1.29, 1.82) is 0 Å². The third kappa shape index (κ3) is 3.62. The highest BCUT2D eigenvalue weighted by molar-refractivity contribution is 6.09. The fraction of sp³-hybridized carbons (Fsp3) is 0.429. The van der Waals surface area contributed by atoms with E-state index in [0.29, 0.717) is 11.4 Å². The molecule has 8 nitrogen and oxygen atoms in total. The van der Waals surface area contributed by atoms with Gasteiger partial charge in [0.15, 0.2) is 0 Å². The van der Waals surface area contributed by atoms with Crippen molar-refractivity contribution in [3.63, 3.8) is 0 Å². The van der Waals surface area contributed by atoms with Crippen molar-refractivity contribution in [3.8, 4) is 0 Å². The summed E-state index contributed by atoms with van der Waals surface area (Å²) in [4.78, 5) is 50.7. The Morgan fingerprint density at radius 1 is 1.03 bits per heavy atom. The van der Waals surface area contributed by atoms with Gasteiger partial charge in [0.2, 0.25) is 17.7 Å². The second-order valence-corrected chi connectivity index (χ2v) is 8.14. The molecule has 1 heterocycles. The molecule has 4 atom stereocenters. The van der Waals surface area contributed by atoms with E-state index >= 15 is 0 Å². The maximum atomic E-state index is 12.7. The quantitative estimate of drug-likeness (QED) is 0.522. The number of fused-ring (bicyclic) bond motifs is 5. The lowest BCUT2D eigenvalue weighted by Gasteiger charge is -2.17. The number of hydrogen-bond donors (Lipinski definition) is 3. The van der Waals surface area contributed by atoms with Crippen molar-refractivity contribution in [2.24, 2.45) is 23.7 Å². The van der Waals surface area contributed by atoms with Crippen LogP contribution in [0.2, 0.25) is 0 Å². The van der Waals surface area contributed by atoms with Crippen LogP contribution in [0.3, 0.4) is 0 Å². The molecule has 1 aromatic rings. The molecule has 3 aliphatic rings. The summed E-state index contributed by atoms with van der Waals surface area (Å²) in [5.41, 5.74) is 0.991. The number of benzene rings is 1. The first-order valence-electron chi connectivity index (χ1n) is 9.84. The van der Waals surface area contributed by atoms with E-state index in [1.807, 2.05) is 26.0 Å². The summed E-state index contributed by atoms with van der Waals surface area (Å²) in [5.74, 6) is -1.31. The van der Waals surface area contributed by atoms with Crippen LogP contribution in [0.4, 0.5) is 16.2 Å². The number of imide groups is 1. The molecule has 1 saturated carbocycles. The number of nitrogens with one attached hydrogen (secondary N) is 3. The third-order valence-electron chi connectivity index (χ3n) is 5.69. The van der Waals surface area contributed by atoms with Gasteiger partial charge in [-0.25, -0.2) is 4.79 Å². The molecule has 0 aromatic heterocycles. The summed E-state index contributed by atoms with van der Waals surface area (Å²) in [5, 5.41) is 8.10. The molecule has 1 aromatic carbocycles. The van der Waals surface area contributed by atoms with Gasteiger partial charge in [-0.2, -0.15) is 0 Å². The Morgan fingerprint density at radius 3 is 2.21 bits per heavy atom. The highest BCUT2D eigenvalue weighted by Crippen LogP contribution is 2.52. The first-order chi connectivity index (χ1) is 13.8. The number of nitrogens with zero attached hydrogens (tertiary/aromatic N) is 1. The Morgan fingerprint density at radius 2 is 1.62 bits per heavy atom. The fourth-order valence-corrected chi connectivity index (χ4v) is 4.57. The van der Waals surface area contributed by atoms with Gasteiger partial charge in [0.1, 0.15) is 6.54 Å². The van der Waals surface area contributed by atoms with Crippen molar-refractivity contribution in [2.45, 2.75) is 26.3 Å². The number of carbonyl (C=O) groups excluding carboxylic acids is 4. The minimum absolute atomic E-state index is 0.00153. The summed E-state index contributed by atoms with van der Waals surface area (Å²) in [7, 11) is 0. The van der Waals surface area contributed by atoms with E-state index in [2.05, 4.69) is 16.0 Å². The van der Waals surface area contributed by atoms with Crippen molar-refractivity contribution in [2.75, 3.05) is 17.2 Å². The monoisotopic (exact) mass is 396 g/mol. The van der Waals surface area contributed by atoms with Crippen LogP contribution in [0, 0.1) is 23.7 Å². The smallest absolute Gasteiger partial charge is 0.319 e. The zero-order valence-corrected chi connectivity index (χ0v) is 16.3. The number of rotatable bonds is 5. The topological polar surface area (TPSA) is 108 Å². The first-order valence-corrected chi connectivity index (χ1v) is 9.84. The molecule has 2 aliphatic carbocycles. The van der Waals surface area contributed by atoms with E-state index in [9.17, 15) is 19.2 Å². The number of likely N-dealkylation sites (tertiary alicyclic amines) is 1. The average Bonchev–Trinajstić information content (AvgIpc) is 3.31. The van der Waals surface area contributed by atoms with Gasteiger partial charge < -0.3 is 16.0 Å². The van der Waals surface area contributed by atoms with Crippen LogP contribution in [-0.4, -0.2) is 41.2 Å². The van der Waals surface area contributed by atoms with Crippen LogP contribution in [0.25, 0.3) is 0 Å². The second kappa shape index (κ2) is 7.35. The molecular weight excluding hydrogens is 372 g/mol. The van der Waals surface area contributed by atoms with E-state index < -0.39 is 5.91 Å². The molecule has 1 aliphatic heterocycles. The summed E-state index contributed by atoms with van der Waals surface area (Å²) in [6.45, 7) is 3.41. The van der Waals surface area contributed by atoms with E-state index in [-0.39, 0.29) is 54.1 Å². The SMILES string of the molecule is CC(C)NC(=O)Nc1cccc(NC(=O)CN2C(=O)[C@@H]3[C@H](C2=O)[C@H]2C=C[C@H]3C2)c1. The van der Waals surface area contributed by atoms with Gasteiger partial charge in [-0.3, -0.25) is 19.3 Å². The Kier molecular flexibility index (Phi) is 4.86. The van der Waals surface area contributed by atoms with Gasteiger partial charge in [-0.05, 0) is 50.3 Å². The molecule has 29 heavy (non-hydrogen) atoms. The van der Waals surface area contributed by atoms with Gasteiger partial charge in [0.05, 0.1) is 11.8 Å². The lowest BCUT2D eigenvalue weighted by atomic mass is 9.85. The van der Waals surface area contributed by atoms with E-state index in [0.717, 1.165) is 11.3 Å². The standard InChI is InChI=1S/C21H24N4O4/c1-11(2)22-21(29)24-15-5-3-4-14(9-15)23-16(26)10-25-19(27)17-12-6-7-13(8-12)18(17)20(25)28/h3-7,9,11-13,17-18H,8,10H2,1-2H3,(H,23,26)(H2,22,24,29)/t12-,13-,17-,18+/m0/s1. The number of carbonyl (C=O) groups is 4. The summed E-state index contributed by atoms with van der Waals surface area (Å²) in [6, 6.07) is 6.35. The maximum Gasteiger partial charge on any atom is 0.319 e. The number of amides is 5. The molecule has 3 N–H and O–H groups in total. The van der Waals surface area contributed by atoms with Crippen molar-refractivity contribution >= 4 is 35.1 Å². The van der Waals surface area contributed by atoms with E-state index in [1.54, 1.807) is 24.3 Å². The lowest BCUT2D eigenvalue weighted by Crippen LogP contribution is -2.39. The number of anilines is 2. The molecule has 2 bridgehead atoms. The second-order valence-electron chi connectivity index (χ2n) is 8.14. The molecule has 152 valence electrons. The summed E-state index contributed by atoms with van der Waals surface area (Å²) in [6.07, 6.45) is 4.90. The Bertz CT molecular complexity index is 880. The molecule has 4 rings (SSSR count). The van der Waals surface area contributed by atoms with E-state index in [4.69, 9.17) is 0 Å². The van der Waals surface area contributed by atoms with Crippen LogP contribution in [0.5, 0.6) is 0 Å². The largest absolute Gasteiger partial charge is 0.336 e. The Labute approximate surface area is 168 Å². The van der Waals surface area contributed by atoms with Crippen molar-refractivity contribution in [1.82, 2.24) is 10.2 Å². The molecule has 5 amide bonds. The highest BCUT2D eigenvalue weighted by atomic mass is 16.2. The first kappa shape index (κ1) is 19.2. The molecule has 2 fully saturated rings. The maximum absolute atomic E-state index is 12.7. The van der Waals surface area contributed by atoms with Gasteiger partial charge in [-0.1, -0.05) is 18.2 Å². The van der Waals surface area contributed by atoms with Gasteiger partial charge >= 0.3 is 6.03 Å². The third-order valence-corrected chi connectivity index (χ3v) is 5.69. The van der Waals surface area contributed by atoms with Crippen LogP contribution in [0.15, 0.2) is 36.4 Å². The predicted molar refractivity (Wildman–Crippen MR) is 107 cm³/mol. The van der Waals surface area contributed by atoms with E-state index in [1.165, 1.54) is 0 Å². The van der Waals surface area contributed by atoms with Gasteiger partial charge in [-0.15, -0.1) is 0 Å². The minimum Gasteiger partial charge on any atom is -0.336 e. The molecule has 1 saturated heterocycles. The Balaban J connectivity index is 1.37. The van der Waals surface area contributed by atoms with Crippen molar-refractivity contribution < 1.29 is 19.2 Å².